The smallest absolute Gasteiger partial charge is 0.354 e. The van der Waals surface area contributed by atoms with Crippen LogP contribution in [0.15, 0.2) is 36.5 Å². The van der Waals surface area contributed by atoms with Gasteiger partial charge in [-0.05, 0) is 44.2 Å². The number of pyridine rings is 1. The van der Waals surface area contributed by atoms with E-state index in [1.165, 1.54) is 24.4 Å². The molecule has 0 saturated heterocycles. The second-order valence-corrected chi connectivity index (χ2v) is 5.09. The van der Waals surface area contributed by atoms with Gasteiger partial charge in [-0.3, -0.25) is 10.2 Å². The van der Waals surface area contributed by atoms with Crippen molar-refractivity contribution in [3.05, 3.63) is 53.3 Å². The first-order chi connectivity index (χ1) is 12.5. The molecule has 0 fully saturated rings. The van der Waals surface area contributed by atoms with Crippen LogP contribution in [0.5, 0.6) is 11.5 Å². The number of amidine groups is 1. The summed E-state index contributed by atoms with van der Waals surface area (Å²) in [6.45, 7) is 4.54. The number of amides is 1. The van der Waals surface area contributed by atoms with E-state index in [-0.39, 0.29) is 22.7 Å². The van der Waals surface area contributed by atoms with Crippen molar-refractivity contribution in [2.24, 2.45) is 0 Å². The fourth-order valence-corrected chi connectivity index (χ4v) is 2.15. The zero-order chi connectivity index (χ0) is 19.1. The van der Waals surface area contributed by atoms with Crippen molar-refractivity contribution in [3.8, 4) is 11.5 Å². The maximum atomic E-state index is 12.4. The number of hydrogen-bond acceptors (Lipinski definition) is 6. The molecule has 0 saturated carbocycles. The Bertz CT molecular complexity index is 835. The number of carbonyl (C=O) groups excluding carboxylic acids is 1. The number of nitrogens with zero attached hydrogens (tertiary/aromatic N) is 1. The van der Waals surface area contributed by atoms with Crippen LogP contribution in [0.2, 0.25) is 0 Å². The average Bonchev–Trinajstić information content (AvgIpc) is 2.63. The van der Waals surface area contributed by atoms with E-state index in [0.717, 1.165) is 0 Å². The number of hydrogen-bond donors (Lipinski definition) is 3. The van der Waals surface area contributed by atoms with E-state index in [2.05, 4.69) is 10.3 Å². The molecule has 1 aromatic carbocycles. The zero-order valence-electron chi connectivity index (χ0n) is 14.4. The molecule has 8 heteroatoms. The lowest BCUT2D eigenvalue weighted by atomic mass is 10.1. The number of rotatable bonds is 7. The first kappa shape index (κ1) is 18.9. The highest BCUT2D eigenvalue weighted by Gasteiger charge is 2.15. The van der Waals surface area contributed by atoms with Crippen molar-refractivity contribution in [1.82, 2.24) is 10.3 Å². The summed E-state index contributed by atoms with van der Waals surface area (Å²) in [7, 11) is 0. The van der Waals surface area contributed by atoms with E-state index >= 15 is 0 Å². The Hall–Kier alpha value is -3.42. The van der Waals surface area contributed by atoms with Gasteiger partial charge in [-0.25, -0.2) is 9.78 Å². The minimum atomic E-state index is -1.21. The molecule has 1 amide bonds. The van der Waals surface area contributed by atoms with Crippen molar-refractivity contribution in [3.63, 3.8) is 0 Å². The molecule has 1 heterocycles. The molecule has 0 atom stereocenters. The lowest BCUT2D eigenvalue weighted by Gasteiger charge is -2.13. The Morgan fingerprint density at radius 3 is 2.42 bits per heavy atom. The normalized spacial score (nSPS) is 10.1. The molecule has 0 aliphatic rings. The molecule has 2 aromatic rings. The molecule has 0 bridgehead atoms. The minimum absolute atomic E-state index is 0.207. The lowest BCUT2D eigenvalue weighted by molar-refractivity contribution is 0.0690. The van der Waals surface area contributed by atoms with Crippen LogP contribution in [0.25, 0.3) is 0 Å². The Labute approximate surface area is 150 Å². The van der Waals surface area contributed by atoms with Crippen LogP contribution < -0.4 is 14.8 Å². The Morgan fingerprint density at radius 2 is 1.77 bits per heavy atom. The second kappa shape index (κ2) is 8.61. The summed E-state index contributed by atoms with van der Waals surface area (Å²) >= 11 is 0. The summed E-state index contributed by atoms with van der Waals surface area (Å²) in [5.41, 5.74) is 0.317. The number of carboxylic acid groups (broad SMARTS) is 1. The van der Waals surface area contributed by atoms with Gasteiger partial charge in [0.2, 0.25) is 0 Å². The van der Waals surface area contributed by atoms with Gasteiger partial charge in [0.25, 0.3) is 5.91 Å². The van der Waals surface area contributed by atoms with Crippen molar-refractivity contribution < 1.29 is 24.2 Å². The topological polar surface area (TPSA) is 122 Å². The minimum Gasteiger partial charge on any atom is -0.490 e. The maximum Gasteiger partial charge on any atom is 0.354 e. The highest BCUT2D eigenvalue weighted by molar-refractivity contribution is 6.11. The Balaban J connectivity index is 2.18. The monoisotopic (exact) mass is 357 g/mol. The van der Waals surface area contributed by atoms with E-state index in [0.29, 0.717) is 24.7 Å². The third kappa shape index (κ3) is 4.56. The number of nitrogens with one attached hydrogen (secondary N) is 2. The van der Waals surface area contributed by atoms with Crippen LogP contribution in [-0.4, -0.2) is 41.0 Å². The summed E-state index contributed by atoms with van der Waals surface area (Å²) in [6, 6.07) is 7.38. The molecule has 1 aromatic heterocycles. The number of carboxylic acids is 1. The molecule has 26 heavy (non-hydrogen) atoms. The summed E-state index contributed by atoms with van der Waals surface area (Å²) in [5, 5.41) is 19.4. The average molecular weight is 357 g/mol. The van der Waals surface area contributed by atoms with E-state index in [1.54, 1.807) is 12.1 Å². The summed E-state index contributed by atoms with van der Waals surface area (Å²) in [5.74, 6) is -0.995. The van der Waals surface area contributed by atoms with Crippen molar-refractivity contribution in [2.45, 2.75) is 13.8 Å². The summed E-state index contributed by atoms with van der Waals surface area (Å²) < 4.78 is 10.9. The van der Waals surface area contributed by atoms with Gasteiger partial charge in [-0.15, -0.1) is 0 Å². The molecule has 136 valence electrons. The van der Waals surface area contributed by atoms with Gasteiger partial charge < -0.3 is 19.9 Å². The molecule has 0 spiro atoms. The van der Waals surface area contributed by atoms with Gasteiger partial charge in [0.05, 0.1) is 13.2 Å². The fraction of sp³-hybridized carbons (Fsp3) is 0.222. The Morgan fingerprint density at radius 1 is 1.08 bits per heavy atom. The summed E-state index contributed by atoms with van der Waals surface area (Å²) in [4.78, 5) is 27.0. The first-order valence-corrected chi connectivity index (χ1v) is 7.95. The van der Waals surface area contributed by atoms with Crippen LogP contribution in [-0.2, 0) is 0 Å². The quantitative estimate of drug-likeness (QED) is 0.516. The van der Waals surface area contributed by atoms with Gasteiger partial charge in [0.1, 0.15) is 11.5 Å². The molecule has 2 rings (SSSR count). The second-order valence-electron chi connectivity index (χ2n) is 5.09. The number of aromatic carboxylic acids is 1. The standard InChI is InChI=1S/C18H19N3O5/c1-3-25-14-6-5-12(10-15(14)26-4-2)17(22)21-16(19)11-7-8-20-13(9-11)18(23)24/h5-10H,3-4H2,1-2H3,(H,23,24)(H2,19,21,22). The zero-order valence-corrected chi connectivity index (χ0v) is 14.4. The SMILES string of the molecule is CCOc1ccc(C(=O)NC(=N)c2ccnc(C(=O)O)c2)cc1OCC. The van der Waals surface area contributed by atoms with Gasteiger partial charge >= 0.3 is 5.97 Å². The van der Waals surface area contributed by atoms with Crippen LogP contribution in [0.3, 0.4) is 0 Å². The first-order valence-electron chi connectivity index (χ1n) is 7.95. The number of aromatic nitrogens is 1. The van der Waals surface area contributed by atoms with Gasteiger partial charge in [-0.1, -0.05) is 0 Å². The van der Waals surface area contributed by atoms with Crippen LogP contribution in [0, 0.1) is 5.41 Å². The number of carbonyl (C=O) groups is 2. The third-order valence-electron chi connectivity index (χ3n) is 3.31. The predicted octanol–water partition coefficient (Wildman–Crippen LogP) is 2.33. The maximum absolute atomic E-state index is 12.4. The van der Waals surface area contributed by atoms with E-state index in [9.17, 15) is 9.59 Å². The third-order valence-corrected chi connectivity index (χ3v) is 3.31. The molecule has 3 N–H and O–H groups in total. The number of ether oxygens (including phenoxy) is 2. The van der Waals surface area contributed by atoms with Crippen molar-refractivity contribution in [2.75, 3.05) is 13.2 Å². The number of benzene rings is 1. The molecule has 0 radical (unpaired) electrons. The van der Waals surface area contributed by atoms with Crippen molar-refractivity contribution in [1.29, 1.82) is 5.41 Å². The Kier molecular flexibility index (Phi) is 6.26. The molecule has 0 unspecified atom stereocenters. The molecule has 0 aliphatic heterocycles. The molecule has 0 aliphatic carbocycles. The van der Waals surface area contributed by atoms with E-state index in [4.69, 9.17) is 20.0 Å². The summed E-state index contributed by atoms with van der Waals surface area (Å²) in [6.07, 6.45) is 1.27. The van der Waals surface area contributed by atoms with E-state index < -0.39 is 11.9 Å². The van der Waals surface area contributed by atoms with Crippen LogP contribution in [0.4, 0.5) is 0 Å². The van der Waals surface area contributed by atoms with Gasteiger partial charge in [0, 0.05) is 17.3 Å². The predicted molar refractivity (Wildman–Crippen MR) is 94.3 cm³/mol. The van der Waals surface area contributed by atoms with E-state index in [1.807, 2.05) is 13.8 Å². The van der Waals surface area contributed by atoms with Crippen LogP contribution in [0.1, 0.15) is 40.3 Å². The largest absolute Gasteiger partial charge is 0.490 e. The molecule has 8 nitrogen and oxygen atoms in total. The van der Waals surface area contributed by atoms with Gasteiger partial charge in [0.15, 0.2) is 11.5 Å². The highest BCUT2D eigenvalue weighted by atomic mass is 16.5. The fourth-order valence-electron chi connectivity index (χ4n) is 2.15. The van der Waals surface area contributed by atoms with Crippen molar-refractivity contribution >= 4 is 17.7 Å². The molecular weight excluding hydrogens is 338 g/mol. The lowest BCUT2D eigenvalue weighted by Crippen LogP contribution is -2.30. The van der Waals surface area contributed by atoms with Crippen LogP contribution >= 0.6 is 0 Å². The highest BCUT2D eigenvalue weighted by Crippen LogP contribution is 2.28. The molecular formula is C18H19N3O5. The van der Waals surface area contributed by atoms with Gasteiger partial charge in [-0.2, -0.15) is 0 Å².